The fourth-order valence-corrected chi connectivity index (χ4v) is 4.72. The molecule has 35 heavy (non-hydrogen) atoms. The maximum absolute atomic E-state index is 12.0. The zero-order chi connectivity index (χ0) is 24.3. The molecule has 0 aromatic carbocycles. The molecule has 3 aromatic heterocycles. The van der Waals surface area contributed by atoms with E-state index < -0.39 is 5.91 Å². The van der Waals surface area contributed by atoms with Crippen LogP contribution in [0.4, 0.5) is 28.7 Å². The molecule has 0 unspecified atom stereocenters. The van der Waals surface area contributed by atoms with Crippen molar-refractivity contribution in [3.05, 3.63) is 54.6 Å². The second-order valence-corrected chi connectivity index (χ2v) is 9.04. The number of rotatable bonds is 8. The first kappa shape index (κ1) is 22.9. The highest BCUT2D eigenvalue weighted by Gasteiger charge is 2.43. The van der Waals surface area contributed by atoms with Gasteiger partial charge in [0.15, 0.2) is 0 Å². The maximum Gasteiger partial charge on any atom is 0.252 e. The molecule has 2 fully saturated rings. The Labute approximate surface area is 204 Å². The van der Waals surface area contributed by atoms with Gasteiger partial charge in [-0.2, -0.15) is 0 Å². The summed E-state index contributed by atoms with van der Waals surface area (Å²) < 4.78 is 5.65. The Morgan fingerprint density at radius 2 is 1.89 bits per heavy atom. The first-order valence-corrected chi connectivity index (χ1v) is 11.9. The van der Waals surface area contributed by atoms with Crippen molar-refractivity contribution >= 4 is 34.6 Å². The summed E-state index contributed by atoms with van der Waals surface area (Å²) in [4.78, 5) is 27.4. The smallest absolute Gasteiger partial charge is 0.252 e. The van der Waals surface area contributed by atoms with Crippen molar-refractivity contribution in [2.75, 3.05) is 48.3 Å². The molecule has 0 saturated carbocycles. The lowest BCUT2D eigenvalue weighted by molar-refractivity contribution is 0.100. The number of carbonyl (C=O) groups excluding carboxylic acids is 1. The highest BCUT2D eigenvalue weighted by atomic mass is 16.5. The Kier molecular flexibility index (Phi) is 6.37. The third-order valence-corrected chi connectivity index (χ3v) is 6.61. The lowest BCUT2D eigenvalue weighted by atomic mass is 9.72. The average Bonchev–Trinajstić information content (AvgIpc) is 2.85. The Morgan fingerprint density at radius 3 is 2.60 bits per heavy atom. The lowest BCUT2D eigenvalue weighted by Gasteiger charge is -2.53. The molecular formula is C25H30N8O2. The number of ether oxygens (including phenoxy) is 1. The second-order valence-electron chi connectivity index (χ2n) is 9.04. The fourth-order valence-electron chi connectivity index (χ4n) is 4.72. The molecule has 0 radical (unpaired) electrons. The maximum atomic E-state index is 12.0. The van der Waals surface area contributed by atoms with Crippen molar-refractivity contribution in [2.24, 2.45) is 11.1 Å². The minimum Gasteiger partial charge on any atom is -0.492 e. The molecule has 0 aliphatic carbocycles. The summed E-state index contributed by atoms with van der Waals surface area (Å²) in [5.41, 5.74) is 8.54. The zero-order valence-electron chi connectivity index (χ0n) is 19.8. The fraction of sp³-hybridized carbons (Fsp3) is 0.360. The third kappa shape index (κ3) is 4.97. The van der Waals surface area contributed by atoms with Gasteiger partial charge in [-0.3, -0.25) is 9.78 Å². The summed E-state index contributed by atoms with van der Waals surface area (Å²) in [6, 6.07) is 7.49. The van der Waals surface area contributed by atoms with E-state index in [1.807, 2.05) is 19.2 Å². The van der Waals surface area contributed by atoms with Gasteiger partial charge in [0, 0.05) is 43.0 Å². The van der Waals surface area contributed by atoms with E-state index in [2.05, 4.69) is 41.9 Å². The van der Waals surface area contributed by atoms with Crippen LogP contribution in [-0.4, -0.2) is 53.6 Å². The van der Waals surface area contributed by atoms with Gasteiger partial charge in [-0.25, -0.2) is 9.97 Å². The van der Waals surface area contributed by atoms with Gasteiger partial charge in [-0.05, 0) is 45.0 Å². The van der Waals surface area contributed by atoms with E-state index in [9.17, 15) is 4.79 Å². The van der Waals surface area contributed by atoms with Crippen LogP contribution in [0.3, 0.4) is 0 Å². The van der Waals surface area contributed by atoms with Gasteiger partial charge in [0.25, 0.3) is 5.91 Å². The molecule has 10 nitrogen and oxygen atoms in total. The number of pyridine rings is 3. The number of carbonyl (C=O) groups is 1. The molecule has 3 aromatic rings. The second kappa shape index (κ2) is 9.75. The molecule has 2 aliphatic rings. The van der Waals surface area contributed by atoms with E-state index in [-0.39, 0.29) is 5.56 Å². The van der Waals surface area contributed by atoms with Crippen LogP contribution in [0.15, 0.2) is 49.1 Å². The van der Waals surface area contributed by atoms with Crippen LogP contribution in [0.5, 0.6) is 5.75 Å². The topological polar surface area (TPSA) is 130 Å². The number of primary amides is 1. The van der Waals surface area contributed by atoms with Gasteiger partial charge in [-0.1, -0.05) is 0 Å². The normalized spacial score (nSPS) is 16.4. The van der Waals surface area contributed by atoms with Crippen molar-refractivity contribution in [1.82, 2.24) is 20.3 Å². The van der Waals surface area contributed by atoms with Crippen LogP contribution >= 0.6 is 0 Å². The molecule has 5 N–H and O–H groups in total. The number of anilines is 5. The van der Waals surface area contributed by atoms with Crippen LogP contribution in [0, 0.1) is 5.41 Å². The van der Waals surface area contributed by atoms with Crippen molar-refractivity contribution < 1.29 is 9.53 Å². The summed E-state index contributed by atoms with van der Waals surface area (Å²) in [6.07, 6.45) is 9.09. The van der Waals surface area contributed by atoms with E-state index in [1.165, 1.54) is 19.0 Å². The van der Waals surface area contributed by atoms with Gasteiger partial charge < -0.3 is 31.3 Å². The quantitative estimate of drug-likeness (QED) is 0.389. The van der Waals surface area contributed by atoms with Crippen molar-refractivity contribution in [3.8, 4) is 5.75 Å². The summed E-state index contributed by atoms with van der Waals surface area (Å²) in [7, 11) is 0. The minimum atomic E-state index is -0.586. The molecule has 2 aliphatic heterocycles. The van der Waals surface area contributed by atoms with E-state index in [4.69, 9.17) is 10.5 Å². The Bertz CT molecular complexity index is 1190. The molecule has 182 valence electrons. The van der Waals surface area contributed by atoms with Crippen LogP contribution < -0.4 is 31.3 Å². The molecule has 1 spiro atoms. The Hall–Kier alpha value is -3.92. The van der Waals surface area contributed by atoms with Gasteiger partial charge >= 0.3 is 0 Å². The van der Waals surface area contributed by atoms with Gasteiger partial charge in [-0.15, -0.1) is 0 Å². The van der Waals surface area contributed by atoms with Gasteiger partial charge in [0.2, 0.25) is 0 Å². The molecule has 5 rings (SSSR count). The van der Waals surface area contributed by atoms with E-state index >= 15 is 0 Å². The predicted molar refractivity (Wildman–Crippen MR) is 136 cm³/mol. The number of hydrogen-bond acceptors (Lipinski definition) is 9. The average molecular weight is 475 g/mol. The number of nitrogens with two attached hydrogens (primary N) is 1. The summed E-state index contributed by atoms with van der Waals surface area (Å²) >= 11 is 0. The van der Waals surface area contributed by atoms with Crippen molar-refractivity contribution in [3.63, 3.8) is 0 Å². The minimum absolute atomic E-state index is 0.259. The summed E-state index contributed by atoms with van der Waals surface area (Å²) in [6.45, 7) is 6.81. The number of nitrogens with zero attached hydrogens (tertiary/aromatic N) is 4. The highest BCUT2D eigenvalue weighted by molar-refractivity contribution is 5.99. The third-order valence-electron chi connectivity index (χ3n) is 6.61. The number of hydrogen-bond donors (Lipinski definition) is 4. The van der Waals surface area contributed by atoms with Gasteiger partial charge in [0.1, 0.15) is 17.4 Å². The molecular weight excluding hydrogens is 444 g/mol. The molecule has 0 atom stereocenters. The van der Waals surface area contributed by atoms with Crippen LogP contribution in [0.1, 0.15) is 30.1 Å². The van der Waals surface area contributed by atoms with Crippen molar-refractivity contribution in [1.29, 1.82) is 0 Å². The largest absolute Gasteiger partial charge is 0.492 e. The zero-order valence-corrected chi connectivity index (χ0v) is 19.8. The summed E-state index contributed by atoms with van der Waals surface area (Å²) in [5.74, 6) is 1.22. The predicted octanol–water partition coefficient (Wildman–Crippen LogP) is 3.05. The van der Waals surface area contributed by atoms with Crippen LogP contribution in [0.2, 0.25) is 0 Å². The highest BCUT2D eigenvalue weighted by Crippen LogP contribution is 2.41. The molecule has 2 saturated heterocycles. The van der Waals surface area contributed by atoms with Crippen LogP contribution in [-0.2, 0) is 0 Å². The lowest BCUT2D eigenvalue weighted by Crippen LogP contribution is -2.60. The first-order valence-electron chi connectivity index (χ1n) is 11.9. The first-order chi connectivity index (χ1) is 17.0. The van der Waals surface area contributed by atoms with E-state index in [0.717, 1.165) is 31.9 Å². The standard InChI is InChI=1S/C25H30N8O2/c1-2-35-21-5-8-28-14-20(21)31-19-11-23(30-13-18(19)24(26)34)32-22-4-3-17(12-29-22)33-15-25(16-33)6-9-27-10-7-25/h3-5,8,11-14,27H,2,6-7,9-10,15-16H2,1H3,(H2,26,34)(H2,29,30,31,32). The van der Waals surface area contributed by atoms with Crippen LogP contribution in [0.25, 0.3) is 0 Å². The Morgan fingerprint density at radius 1 is 1.09 bits per heavy atom. The number of amides is 1. The monoisotopic (exact) mass is 474 g/mol. The number of aromatic nitrogens is 3. The van der Waals surface area contributed by atoms with E-state index in [0.29, 0.717) is 40.8 Å². The molecule has 10 heteroatoms. The Balaban J connectivity index is 1.29. The van der Waals surface area contributed by atoms with Gasteiger partial charge in [0.05, 0.1) is 41.6 Å². The van der Waals surface area contributed by atoms with Crippen molar-refractivity contribution in [2.45, 2.75) is 19.8 Å². The number of piperidine rings is 1. The molecule has 5 heterocycles. The summed E-state index contributed by atoms with van der Waals surface area (Å²) in [5, 5.41) is 9.85. The number of nitrogens with one attached hydrogen (secondary N) is 3. The molecule has 0 bridgehead atoms. The SMILES string of the molecule is CCOc1ccncc1Nc1cc(Nc2ccc(N3CC4(CCNCC4)C3)cn2)ncc1C(N)=O. The molecule has 1 amide bonds. The van der Waals surface area contributed by atoms with E-state index in [1.54, 1.807) is 24.5 Å².